The third-order valence-corrected chi connectivity index (χ3v) is 3.46. The average molecular weight is 240 g/mol. The predicted molar refractivity (Wildman–Crippen MR) is 59.5 cm³/mol. The van der Waals surface area contributed by atoms with Gasteiger partial charge in [0.15, 0.2) is 5.41 Å². The molecule has 1 aromatic rings. The number of benzene rings is 1. The molecule has 92 valence electrons. The molecular weight excluding hydrogens is 226 g/mol. The van der Waals surface area contributed by atoms with Gasteiger partial charge in [-0.15, -0.1) is 0 Å². The smallest absolute Gasteiger partial charge is 0.320 e. The lowest BCUT2D eigenvalue weighted by Crippen LogP contribution is -2.29. The number of halogens is 2. The first-order valence-electron chi connectivity index (χ1n) is 5.42. The van der Waals surface area contributed by atoms with Crippen molar-refractivity contribution in [2.24, 2.45) is 0 Å². The van der Waals surface area contributed by atoms with Crippen LogP contribution in [0.1, 0.15) is 28.7 Å². The zero-order chi connectivity index (χ0) is 13.0. The van der Waals surface area contributed by atoms with Gasteiger partial charge in [0, 0.05) is 6.42 Å². The van der Waals surface area contributed by atoms with E-state index in [1.165, 1.54) is 0 Å². The molecule has 4 heteroatoms. The summed E-state index contributed by atoms with van der Waals surface area (Å²) in [6, 6.07) is 3.50. The van der Waals surface area contributed by atoms with Gasteiger partial charge in [0.25, 0.3) is 5.92 Å². The standard InChI is InChI=1S/C13H14F2O2/c1-7-4-8(2)10(9(3)5-7)12(11(16)17)6-13(12,14)15/h4-5H,6H2,1-3H3,(H,16,17). The molecule has 2 rings (SSSR count). The van der Waals surface area contributed by atoms with E-state index >= 15 is 0 Å². The highest BCUT2D eigenvalue weighted by Crippen LogP contribution is 2.63. The predicted octanol–water partition coefficient (Wildman–Crippen LogP) is 2.97. The lowest BCUT2D eigenvalue weighted by Gasteiger charge is -2.18. The van der Waals surface area contributed by atoms with E-state index in [1.807, 2.05) is 6.92 Å². The minimum Gasteiger partial charge on any atom is -0.480 e. The average Bonchev–Trinajstić information content (AvgIpc) is 2.68. The second-order valence-corrected chi connectivity index (χ2v) is 4.87. The first kappa shape index (κ1) is 12.0. The van der Waals surface area contributed by atoms with E-state index in [0.29, 0.717) is 11.1 Å². The molecule has 0 bridgehead atoms. The van der Waals surface area contributed by atoms with Crippen molar-refractivity contribution in [3.05, 3.63) is 34.4 Å². The lowest BCUT2D eigenvalue weighted by molar-refractivity contribution is -0.143. The molecule has 17 heavy (non-hydrogen) atoms. The van der Waals surface area contributed by atoms with E-state index in [2.05, 4.69) is 0 Å². The molecule has 0 aromatic heterocycles. The monoisotopic (exact) mass is 240 g/mol. The summed E-state index contributed by atoms with van der Waals surface area (Å²) in [6.07, 6.45) is -0.597. The molecule has 1 aliphatic rings. The Hall–Kier alpha value is -1.45. The van der Waals surface area contributed by atoms with Crippen LogP contribution in [-0.2, 0) is 10.2 Å². The van der Waals surface area contributed by atoms with E-state index in [9.17, 15) is 13.6 Å². The number of carbonyl (C=O) groups is 1. The molecule has 0 aliphatic heterocycles. The fourth-order valence-corrected chi connectivity index (χ4v) is 2.75. The number of hydrogen-bond acceptors (Lipinski definition) is 1. The first-order chi connectivity index (χ1) is 7.72. The van der Waals surface area contributed by atoms with Crippen LogP contribution in [-0.4, -0.2) is 17.0 Å². The van der Waals surface area contributed by atoms with E-state index in [1.54, 1.807) is 26.0 Å². The molecular formula is C13H14F2O2. The van der Waals surface area contributed by atoms with Crippen molar-refractivity contribution in [2.75, 3.05) is 0 Å². The van der Waals surface area contributed by atoms with Gasteiger partial charge in [-0.05, 0) is 37.5 Å². The normalized spacial score (nSPS) is 25.7. The molecule has 1 aliphatic carbocycles. The van der Waals surface area contributed by atoms with E-state index < -0.39 is 23.7 Å². The maximum Gasteiger partial charge on any atom is 0.320 e. The van der Waals surface area contributed by atoms with Crippen LogP contribution < -0.4 is 0 Å². The maximum absolute atomic E-state index is 13.5. The molecule has 2 nitrogen and oxygen atoms in total. The molecule has 1 atom stereocenters. The highest BCUT2D eigenvalue weighted by Gasteiger charge is 2.78. The van der Waals surface area contributed by atoms with Crippen LogP contribution in [0, 0.1) is 20.8 Å². The van der Waals surface area contributed by atoms with E-state index in [-0.39, 0.29) is 5.56 Å². The Morgan fingerprint density at radius 1 is 1.24 bits per heavy atom. The molecule has 1 aromatic carbocycles. The summed E-state index contributed by atoms with van der Waals surface area (Å²) in [4.78, 5) is 11.2. The highest BCUT2D eigenvalue weighted by molar-refractivity contribution is 5.89. The van der Waals surface area contributed by atoms with E-state index in [4.69, 9.17) is 5.11 Å². The van der Waals surface area contributed by atoms with Crippen LogP contribution in [0.15, 0.2) is 12.1 Å². The Balaban J connectivity index is 2.66. The molecule has 0 amide bonds. The van der Waals surface area contributed by atoms with Gasteiger partial charge < -0.3 is 5.11 Å². The van der Waals surface area contributed by atoms with Gasteiger partial charge in [-0.1, -0.05) is 17.7 Å². The Bertz CT molecular complexity index is 485. The van der Waals surface area contributed by atoms with Gasteiger partial charge in [0.2, 0.25) is 0 Å². The largest absolute Gasteiger partial charge is 0.480 e. The van der Waals surface area contributed by atoms with Crippen molar-refractivity contribution in [1.29, 1.82) is 0 Å². The SMILES string of the molecule is Cc1cc(C)c(C2(C(=O)O)CC2(F)F)c(C)c1. The number of alkyl halides is 2. The van der Waals surface area contributed by atoms with Gasteiger partial charge in [-0.25, -0.2) is 8.78 Å². The summed E-state index contributed by atoms with van der Waals surface area (Å²) in [7, 11) is 0. The molecule has 1 saturated carbocycles. The molecule has 1 N–H and O–H groups in total. The second-order valence-electron chi connectivity index (χ2n) is 4.87. The second kappa shape index (κ2) is 3.28. The van der Waals surface area contributed by atoms with Crippen LogP contribution in [0.5, 0.6) is 0 Å². The van der Waals surface area contributed by atoms with Crippen molar-refractivity contribution in [3.63, 3.8) is 0 Å². The van der Waals surface area contributed by atoms with Crippen molar-refractivity contribution < 1.29 is 18.7 Å². The summed E-state index contributed by atoms with van der Waals surface area (Å²) in [5, 5.41) is 9.13. The van der Waals surface area contributed by atoms with Crippen LogP contribution >= 0.6 is 0 Å². The quantitative estimate of drug-likeness (QED) is 0.862. The fraction of sp³-hybridized carbons (Fsp3) is 0.462. The van der Waals surface area contributed by atoms with Crippen molar-refractivity contribution >= 4 is 5.97 Å². The topological polar surface area (TPSA) is 37.3 Å². The van der Waals surface area contributed by atoms with Gasteiger partial charge in [-0.2, -0.15) is 0 Å². The summed E-state index contributed by atoms with van der Waals surface area (Å²) in [5.41, 5.74) is 0.479. The highest BCUT2D eigenvalue weighted by atomic mass is 19.3. The van der Waals surface area contributed by atoms with Crippen LogP contribution in [0.3, 0.4) is 0 Å². The Labute approximate surface area is 98.3 Å². The molecule has 0 radical (unpaired) electrons. The summed E-state index contributed by atoms with van der Waals surface area (Å²) < 4.78 is 26.9. The zero-order valence-electron chi connectivity index (χ0n) is 9.97. The first-order valence-corrected chi connectivity index (χ1v) is 5.42. The van der Waals surface area contributed by atoms with Crippen molar-refractivity contribution in [3.8, 4) is 0 Å². The summed E-state index contributed by atoms with van der Waals surface area (Å²) in [5.74, 6) is -4.57. The van der Waals surface area contributed by atoms with Crippen molar-refractivity contribution in [1.82, 2.24) is 0 Å². The van der Waals surface area contributed by atoms with Crippen LogP contribution in [0.2, 0.25) is 0 Å². The maximum atomic E-state index is 13.5. The van der Waals surface area contributed by atoms with Crippen LogP contribution in [0.4, 0.5) is 8.78 Å². The minimum atomic E-state index is -3.14. The number of aryl methyl sites for hydroxylation is 3. The van der Waals surface area contributed by atoms with E-state index in [0.717, 1.165) is 5.56 Å². The summed E-state index contributed by atoms with van der Waals surface area (Å²) >= 11 is 0. The lowest BCUT2D eigenvalue weighted by atomic mass is 9.86. The van der Waals surface area contributed by atoms with Gasteiger partial charge in [0.1, 0.15) is 0 Å². The van der Waals surface area contributed by atoms with Gasteiger partial charge >= 0.3 is 5.97 Å². The number of aliphatic carboxylic acids is 1. The minimum absolute atomic E-state index is 0.278. The number of carboxylic acid groups (broad SMARTS) is 1. The van der Waals surface area contributed by atoms with Crippen molar-refractivity contribution in [2.45, 2.75) is 38.5 Å². The Morgan fingerprint density at radius 3 is 1.94 bits per heavy atom. The molecule has 1 unspecified atom stereocenters. The number of rotatable bonds is 2. The van der Waals surface area contributed by atoms with Gasteiger partial charge in [-0.3, -0.25) is 4.79 Å². The third-order valence-electron chi connectivity index (χ3n) is 3.46. The molecule has 0 saturated heterocycles. The summed E-state index contributed by atoms with van der Waals surface area (Å²) in [6.45, 7) is 5.24. The third kappa shape index (κ3) is 1.47. The van der Waals surface area contributed by atoms with Gasteiger partial charge in [0.05, 0.1) is 0 Å². The molecule has 0 heterocycles. The zero-order valence-corrected chi connectivity index (χ0v) is 9.97. The Morgan fingerprint density at radius 2 is 1.65 bits per heavy atom. The number of carboxylic acids is 1. The molecule has 1 fully saturated rings. The molecule has 0 spiro atoms. The fourth-order valence-electron chi connectivity index (χ4n) is 2.75. The Kier molecular flexibility index (Phi) is 2.32. The van der Waals surface area contributed by atoms with Crippen LogP contribution in [0.25, 0.3) is 0 Å². The number of hydrogen-bond donors (Lipinski definition) is 1.